The molecule has 1 saturated heterocycles. The first-order chi connectivity index (χ1) is 14.6. The Morgan fingerprint density at radius 1 is 0.677 bits per heavy atom. The highest BCUT2D eigenvalue weighted by Crippen LogP contribution is 2.29. The van der Waals surface area contributed by atoms with E-state index in [1.165, 1.54) is 38.5 Å². The molecule has 182 valence electrons. The molecular weight excluding hydrogens is 390 g/mol. The minimum absolute atomic E-state index is 0.0325. The summed E-state index contributed by atoms with van der Waals surface area (Å²) in [5.41, 5.74) is -0.715. The van der Waals surface area contributed by atoms with Gasteiger partial charge in [0, 0.05) is 18.8 Å². The van der Waals surface area contributed by atoms with Crippen molar-refractivity contribution in [1.29, 1.82) is 0 Å². The standard InChI is InChI=1S/C26H49NO4/c1-25(2,3)30-23(28)16-14-12-10-8-6-7-9-11-13-15-17-24(29)31-26(4,5)22-18-20-27-21-19-22/h22,27H,6-21H2,1-5H3. The first kappa shape index (κ1) is 27.9. The lowest BCUT2D eigenvalue weighted by atomic mass is 9.83. The molecule has 0 unspecified atom stereocenters. The first-order valence-corrected chi connectivity index (χ1v) is 12.7. The van der Waals surface area contributed by atoms with Crippen molar-refractivity contribution < 1.29 is 19.1 Å². The Morgan fingerprint density at radius 3 is 1.48 bits per heavy atom. The van der Waals surface area contributed by atoms with Crippen LogP contribution in [0.25, 0.3) is 0 Å². The van der Waals surface area contributed by atoms with E-state index in [1.807, 2.05) is 20.8 Å². The summed E-state index contributed by atoms with van der Waals surface area (Å²) in [6.45, 7) is 11.9. The predicted molar refractivity (Wildman–Crippen MR) is 127 cm³/mol. The van der Waals surface area contributed by atoms with Crippen LogP contribution in [0.3, 0.4) is 0 Å². The number of unbranched alkanes of at least 4 members (excludes halogenated alkanes) is 9. The third-order valence-electron chi connectivity index (χ3n) is 6.13. The first-order valence-electron chi connectivity index (χ1n) is 12.7. The summed E-state index contributed by atoms with van der Waals surface area (Å²) >= 11 is 0. The molecule has 0 atom stereocenters. The summed E-state index contributed by atoms with van der Waals surface area (Å²) in [4.78, 5) is 23.9. The second-order valence-corrected chi connectivity index (χ2v) is 10.7. The van der Waals surface area contributed by atoms with E-state index in [0.29, 0.717) is 18.8 Å². The highest BCUT2D eigenvalue weighted by molar-refractivity contribution is 5.70. The van der Waals surface area contributed by atoms with E-state index in [4.69, 9.17) is 9.47 Å². The zero-order valence-electron chi connectivity index (χ0n) is 21.0. The highest BCUT2D eigenvalue weighted by atomic mass is 16.6. The van der Waals surface area contributed by atoms with Crippen molar-refractivity contribution in [1.82, 2.24) is 5.32 Å². The minimum atomic E-state index is -0.374. The largest absolute Gasteiger partial charge is 0.460 e. The number of rotatable bonds is 15. The molecule has 0 aromatic heterocycles. The van der Waals surface area contributed by atoms with Gasteiger partial charge in [-0.15, -0.1) is 0 Å². The number of piperidine rings is 1. The van der Waals surface area contributed by atoms with E-state index in [1.54, 1.807) is 0 Å². The van der Waals surface area contributed by atoms with E-state index in [0.717, 1.165) is 51.6 Å². The molecule has 1 N–H and O–H groups in total. The molecule has 0 radical (unpaired) electrons. The van der Waals surface area contributed by atoms with Crippen molar-refractivity contribution in [3.63, 3.8) is 0 Å². The zero-order chi connectivity index (χ0) is 23.2. The lowest BCUT2D eigenvalue weighted by Gasteiger charge is -2.36. The maximum absolute atomic E-state index is 12.2. The molecule has 1 fully saturated rings. The molecule has 0 aliphatic carbocycles. The number of nitrogens with one attached hydrogen (secondary N) is 1. The number of esters is 2. The van der Waals surface area contributed by atoms with Crippen LogP contribution in [0.4, 0.5) is 0 Å². The van der Waals surface area contributed by atoms with E-state index in [-0.39, 0.29) is 23.1 Å². The van der Waals surface area contributed by atoms with Crippen LogP contribution in [0.5, 0.6) is 0 Å². The molecule has 31 heavy (non-hydrogen) atoms. The maximum Gasteiger partial charge on any atom is 0.306 e. The quantitative estimate of drug-likeness (QED) is 0.238. The Bertz CT molecular complexity index is 504. The van der Waals surface area contributed by atoms with Crippen molar-refractivity contribution in [2.45, 2.75) is 136 Å². The van der Waals surface area contributed by atoms with Crippen LogP contribution < -0.4 is 5.32 Å². The lowest BCUT2D eigenvalue weighted by Crippen LogP contribution is -2.42. The Hall–Kier alpha value is -1.10. The number of hydrogen-bond acceptors (Lipinski definition) is 5. The molecule has 0 bridgehead atoms. The van der Waals surface area contributed by atoms with Crippen molar-refractivity contribution in [3.05, 3.63) is 0 Å². The average Bonchev–Trinajstić information content (AvgIpc) is 2.67. The normalized spacial score (nSPS) is 15.6. The van der Waals surface area contributed by atoms with Gasteiger partial charge in [0.05, 0.1) is 0 Å². The fourth-order valence-corrected chi connectivity index (χ4v) is 4.29. The summed E-state index contributed by atoms with van der Waals surface area (Å²) in [5, 5.41) is 3.37. The van der Waals surface area contributed by atoms with Crippen LogP contribution in [0.15, 0.2) is 0 Å². The van der Waals surface area contributed by atoms with Gasteiger partial charge in [-0.05, 0) is 73.4 Å². The molecule has 0 aromatic carbocycles. The topological polar surface area (TPSA) is 64.6 Å². The van der Waals surface area contributed by atoms with Gasteiger partial charge in [0.25, 0.3) is 0 Å². The monoisotopic (exact) mass is 439 g/mol. The smallest absolute Gasteiger partial charge is 0.306 e. The molecule has 5 heteroatoms. The molecule has 1 aliphatic heterocycles. The number of carbonyl (C=O) groups is 2. The third-order valence-corrected chi connectivity index (χ3v) is 6.13. The second kappa shape index (κ2) is 14.9. The number of hydrogen-bond donors (Lipinski definition) is 1. The number of carbonyl (C=O) groups excluding carboxylic acids is 2. The van der Waals surface area contributed by atoms with Gasteiger partial charge in [-0.25, -0.2) is 0 Å². The zero-order valence-corrected chi connectivity index (χ0v) is 21.0. The van der Waals surface area contributed by atoms with Crippen LogP contribution in [0.2, 0.25) is 0 Å². The van der Waals surface area contributed by atoms with Gasteiger partial charge < -0.3 is 14.8 Å². The molecule has 0 amide bonds. The van der Waals surface area contributed by atoms with Gasteiger partial charge in [0.2, 0.25) is 0 Å². The van der Waals surface area contributed by atoms with Crippen LogP contribution in [0.1, 0.15) is 125 Å². The van der Waals surface area contributed by atoms with Crippen LogP contribution >= 0.6 is 0 Å². The predicted octanol–water partition coefficient (Wildman–Crippen LogP) is 6.33. The number of ether oxygens (including phenoxy) is 2. The lowest BCUT2D eigenvalue weighted by molar-refractivity contribution is -0.163. The van der Waals surface area contributed by atoms with Crippen LogP contribution in [-0.2, 0) is 19.1 Å². The molecule has 5 nitrogen and oxygen atoms in total. The van der Waals surface area contributed by atoms with Crippen molar-refractivity contribution >= 4 is 11.9 Å². The summed E-state index contributed by atoms with van der Waals surface area (Å²) < 4.78 is 11.1. The summed E-state index contributed by atoms with van der Waals surface area (Å²) in [7, 11) is 0. The highest BCUT2D eigenvalue weighted by Gasteiger charge is 2.33. The molecular formula is C26H49NO4. The second-order valence-electron chi connectivity index (χ2n) is 10.7. The molecule has 0 aromatic rings. The Labute approximate surface area is 191 Å². The molecule has 1 rings (SSSR count). The van der Waals surface area contributed by atoms with E-state index in [2.05, 4.69) is 19.2 Å². The summed E-state index contributed by atoms with van der Waals surface area (Å²) in [5.74, 6) is 0.358. The summed E-state index contributed by atoms with van der Waals surface area (Å²) in [6, 6.07) is 0. The van der Waals surface area contributed by atoms with Gasteiger partial charge in [0.15, 0.2) is 0 Å². The van der Waals surface area contributed by atoms with Gasteiger partial charge in [0.1, 0.15) is 11.2 Å². The van der Waals surface area contributed by atoms with Crippen molar-refractivity contribution in [2.75, 3.05) is 13.1 Å². The molecule has 0 saturated carbocycles. The third kappa shape index (κ3) is 14.6. The van der Waals surface area contributed by atoms with Crippen LogP contribution in [-0.4, -0.2) is 36.2 Å². The fraction of sp³-hybridized carbons (Fsp3) is 0.923. The van der Waals surface area contributed by atoms with Crippen molar-refractivity contribution in [2.24, 2.45) is 5.92 Å². The Morgan fingerprint density at radius 2 is 1.06 bits per heavy atom. The Balaban J connectivity index is 1.91. The van der Waals surface area contributed by atoms with E-state index in [9.17, 15) is 9.59 Å². The Kier molecular flexibility index (Phi) is 13.4. The average molecular weight is 440 g/mol. The van der Waals surface area contributed by atoms with E-state index < -0.39 is 0 Å². The van der Waals surface area contributed by atoms with Gasteiger partial charge in [-0.1, -0.05) is 51.4 Å². The van der Waals surface area contributed by atoms with E-state index >= 15 is 0 Å². The SMILES string of the molecule is CC(C)(C)OC(=O)CCCCCCCCCCCCC(=O)OC(C)(C)C1CCNCC1. The molecule has 1 aliphatic rings. The van der Waals surface area contributed by atoms with Gasteiger partial charge in [-0.2, -0.15) is 0 Å². The van der Waals surface area contributed by atoms with Gasteiger partial charge >= 0.3 is 11.9 Å². The van der Waals surface area contributed by atoms with Crippen LogP contribution in [0, 0.1) is 5.92 Å². The van der Waals surface area contributed by atoms with Crippen molar-refractivity contribution in [3.8, 4) is 0 Å². The van der Waals surface area contributed by atoms with Gasteiger partial charge in [-0.3, -0.25) is 9.59 Å². The molecule has 0 spiro atoms. The summed E-state index contributed by atoms with van der Waals surface area (Å²) in [6.07, 6.45) is 14.7. The minimum Gasteiger partial charge on any atom is -0.460 e. The molecule has 1 heterocycles. The maximum atomic E-state index is 12.2. The fourth-order valence-electron chi connectivity index (χ4n) is 4.29.